The number of unbranched alkanes of at least 4 members (excludes halogenated alkanes) is 10. The van der Waals surface area contributed by atoms with Crippen molar-refractivity contribution in [3.8, 4) is 17.0 Å². The molecule has 1 aromatic carbocycles. The predicted molar refractivity (Wildman–Crippen MR) is 130 cm³/mol. The molecule has 2 aromatic rings. The molecule has 0 saturated carbocycles. The van der Waals surface area contributed by atoms with Gasteiger partial charge in [0.1, 0.15) is 5.75 Å². The van der Waals surface area contributed by atoms with Gasteiger partial charge in [-0.1, -0.05) is 84.1 Å². The summed E-state index contributed by atoms with van der Waals surface area (Å²) in [5.74, 6) is 0.475. The first-order valence-electron chi connectivity index (χ1n) is 12.5. The van der Waals surface area contributed by atoms with Crippen LogP contribution in [0.3, 0.4) is 0 Å². The molecule has 0 fully saturated rings. The first-order chi connectivity index (χ1) is 15.2. The maximum absolute atomic E-state index is 12.0. The van der Waals surface area contributed by atoms with E-state index in [1.54, 1.807) is 0 Å². The first kappa shape index (κ1) is 25.1. The van der Waals surface area contributed by atoms with Crippen molar-refractivity contribution in [3.05, 3.63) is 48.2 Å². The van der Waals surface area contributed by atoms with Crippen LogP contribution < -0.4 is 4.74 Å². The Morgan fingerprint density at radius 3 is 1.97 bits per heavy atom. The van der Waals surface area contributed by atoms with E-state index < -0.39 is 0 Å². The summed E-state index contributed by atoms with van der Waals surface area (Å²) >= 11 is 0. The normalized spacial score (nSPS) is 10.9. The third kappa shape index (κ3) is 10.6. The zero-order valence-electron chi connectivity index (χ0n) is 19.7. The lowest BCUT2D eigenvalue weighted by molar-refractivity contribution is -0.134. The summed E-state index contributed by atoms with van der Waals surface area (Å²) in [6.07, 6.45) is 18.5. The highest BCUT2D eigenvalue weighted by atomic mass is 16.5. The molecule has 2 rings (SSSR count). The third-order valence-corrected chi connectivity index (χ3v) is 5.76. The zero-order valence-corrected chi connectivity index (χ0v) is 19.7. The quantitative estimate of drug-likeness (QED) is 0.155. The second-order valence-electron chi connectivity index (χ2n) is 8.59. The van der Waals surface area contributed by atoms with Gasteiger partial charge in [-0.15, -0.1) is 0 Å². The van der Waals surface area contributed by atoms with Gasteiger partial charge in [-0.05, 0) is 55.2 Å². The summed E-state index contributed by atoms with van der Waals surface area (Å²) in [5, 5.41) is 0. The molecule has 0 bridgehead atoms. The highest BCUT2D eigenvalue weighted by molar-refractivity contribution is 5.72. The van der Waals surface area contributed by atoms with Crippen molar-refractivity contribution in [1.82, 2.24) is 4.98 Å². The van der Waals surface area contributed by atoms with E-state index in [4.69, 9.17) is 4.74 Å². The van der Waals surface area contributed by atoms with Crippen LogP contribution in [0.5, 0.6) is 5.75 Å². The number of rotatable bonds is 16. The maximum atomic E-state index is 12.0. The zero-order chi connectivity index (χ0) is 22.2. The Morgan fingerprint density at radius 2 is 1.35 bits per heavy atom. The van der Waals surface area contributed by atoms with E-state index in [-0.39, 0.29) is 5.97 Å². The molecule has 0 atom stereocenters. The standard InChI is InChI=1S/C28H41NO2/c1-3-5-7-9-10-12-14-16-28(30)31-26-20-18-25(19-21-26)27-22-17-24(23-29-27)15-13-11-8-6-4-2/h17-23H,3-16H2,1-2H3. The van der Waals surface area contributed by atoms with E-state index in [1.807, 2.05) is 30.5 Å². The number of esters is 1. The van der Waals surface area contributed by atoms with Crippen LogP contribution in [0.4, 0.5) is 0 Å². The van der Waals surface area contributed by atoms with Gasteiger partial charge in [0, 0.05) is 18.2 Å². The van der Waals surface area contributed by atoms with Gasteiger partial charge in [0.2, 0.25) is 0 Å². The highest BCUT2D eigenvalue weighted by Crippen LogP contribution is 2.22. The molecule has 0 radical (unpaired) electrons. The van der Waals surface area contributed by atoms with Crippen LogP contribution >= 0.6 is 0 Å². The van der Waals surface area contributed by atoms with Crippen LogP contribution in [0.25, 0.3) is 11.3 Å². The molecule has 0 spiro atoms. The minimum atomic E-state index is -0.136. The van der Waals surface area contributed by atoms with Crippen molar-refractivity contribution < 1.29 is 9.53 Å². The van der Waals surface area contributed by atoms with Crippen molar-refractivity contribution in [3.63, 3.8) is 0 Å². The highest BCUT2D eigenvalue weighted by Gasteiger charge is 2.06. The monoisotopic (exact) mass is 423 g/mol. The molecular formula is C28H41NO2. The molecule has 0 saturated heterocycles. The maximum Gasteiger partial charge on any atom is 0.311 e. The largest absolute Gasteiger partial charge is 0.427 e. The molecule has 0 aliphatic carbocycles. The number of aryl methyl sites for hydroxylation is 1. The third-order valence-electron chi connectivity index (χ3n) is 5.76. The van der Waals surface area contributed by atoms with Crippen LogP contribution in [0.15, 0.2) is 42.6 Å². The number of pyridine rings is 1. The Bertz CT molecular complexity index is 722. The number of hydrogen-bond acceptors (Lipinski definition) is 3. The van der Waals surface area contributed by atoms with E-state index in [9.17, 15) is 4.79 Å². The molecule has 0 aliphatic heterocycles. The second-order valence-corrected chi connectivity index (χ2v) is 8.59. The average Bonchev–Trinajstić information content (AvgIpc) is 2.79. The molecule has 0 unspecified atom stereocenters. The Hall–Kier alpha value is -2.16. The summed E-state index contributed by atoms with van der Waals surface area (Å²) in [5.41, 5.74) is 3.30. The molecule has 0 aliphatic rings. The number of benzene rings is 1. The van der Waals surface area contributed by atoms with E-state index in [0.29, 0.717) is 12.2 Å². The van der Waals surface area contributed by atoms with Gasteiger partial charge >= 0.3 is 5.97 Å². The van der Waals surface area contributed by atoms with Crippen LogP contribution in [0.2, 0.25) is 0 Å². The van der Waals surface area contributed by atoms with Crippen LogP contribution in [0, 0.1) is 0 Å². The number of nitrogens with zero attached hydrogens (tertiary/aromatic N) is 1. The summed E-state index contributed by atoms with van der Waals surface area (Å²) in [7, 11) is 0. The van der Waals surface area contributed by atoms with Gasteiger partial charge in [0.05, 0.1) is 5.69 Å². The summed E-state index contributed by atoms with van der Waals surface area (Å²) in [4.78, 5) is 16.7. The predicted octanol–water partition coefficient (Wildman–Crippen LogP) is 8.31. The molecule has 31 heavy (non-hydrogen) atoms. The van der Waals surface area contributed by atoms with Gasteiger partial charge in [0.25, 0.3) is 0 Å². The molecule has 3 nitrogen and oxygen atoms in total. The molecule has 170 valence electrons. The lowest BCUT2D eigenvalue weighted by Gasteiger charge is -2.07. The van der Waals surface area contributed by atoms with Crippen molar-refractivity contribution in [2.45, 2.75) is 104 Å². The number of carbonyl (C=O) groups is 1. The lowest BCUT2D eigenvalue weighted by Crippen LogP contribution is -2.07. The Kier molecular flexibility index (Phi) is 12.6. The fraction of sp³-hybridized carbons (Fsp3) is 0.571. The summed E-state index contributed by atoms with van der Waals surface area (Å²) in [6.45, 7) is 4.47. The van der Waals surface area contributed by atoms with E-state index in [1.165, 1.54) is 69.8 Å². The fourth-order valence-corrected chi connectivity index (χ4v) is 3.78. The van der Waals surface area contributed by atoms with Gasteiger partial charge in [-0.3, -0.25) is 9.78 Å². The lowest BCUT2D eigenvalue weighted by atomic mass is 10.1. The first-order valence-corrected chi connectivity index (χ1v) is 12.5. The van der Waals surface area contributed by atoms with E-state index in [0.717, 1.165) is 30.5 Å². The molecular weight excluding hydrogens is 382 g/mol. The Morgan fingerprint density at radius 1 is 0.742 bits per heavy atom. The number of hydrogen-bond donors (Lipinski definition) is 0. The fourth-order valence-electron chi connectivity index (χ4n) is 3.78. The molecule has 0 N–H and O–H groups in total. The van der Waals surface area contributed by atoms with Crippen LogP contribution in [0.1, 0.15) is 103 Å². The Balaban J connectivity index is 1.70. The van der Waals surface area contributed by atoms with Crippen LogP contribution in [-0.4, -0.2) is 11.0 Å². The molecule has 0 amide bonds. The molecule has 1 aromatic heterocycles. The van der Waals surface area contributed by atoms with Crippen molar-refractivity contribution in [1.29, 1.82) is 0 Å². The van der Waals surface area contributed by atoms with Crippen molar-refractivity contribution >= 4 is 5.97 Å². The van der Waals surface area contributed by atoms with Gasteiger partial charge in [0.15, 0.2) is 0 Å². The van der Waals surface area contributed by atoms with Gasteiger partial charge in [-0.2, -0.15) is 0 Å². The smallest absolute Gasteiger partial charge is 0.311 e. The average molecular weight is 424 g/mol. The van der Waals surface area contributed by atoms with Crippen molar-refractivity contribution in [2.24, 2.45) is 0 Å². The van der Waals surface area contributed by atoms with Gasteiger partial charge < -0.3 is 4.74 Å². The number of carbonyl (C=O) groups excluding carboxylic acids is 1. The van der Waals surface area contributed by atoms with Gasteiger partial charge in [-0.25, -0.2) is 0 Å². The minimum Gasteiger partial charge on any atom is -0.427 e. The summed E-state index contributed by atoms with van der Waals surface area (Å²) < 4.78 is 5.48. The Labute approximate surface area is 189 Å². The molecule has 1 heterocycles. The second kappa shape index (κ2) is 15.6. The number of aromatic nitrogens is 1. The SMILES string of the molecule is CCCCCCCCCC(=O)Oc1ccc(-c2ccc(CCCCCCC)cn2)cc1. The van der Waals surface area contributed by atoms with E-state index >= 15 is 0 Å². The minimum absolute atomic E-state index is 0.136. The van der Waals surface area contributed by atoms with E-state index in [2.05, 4.69) is 31.0 Å². The molecule has 3 heteroatoms. The van der Waals surface area contributed by atoms with Crippen molar-refractivity contribution in [2.75, 3.05) is 0 Å². The van der Waals surface area contributed by atoms with Crippen LogP contribution in [-0.2, 0) is 11.2 Å². The number of ether oxygens (including phenoxy) is 1. The topological polar surface area (TPSA) is 39.2 Å². The summed E-state index contributed by atoms with van der Waals surface area (Å²) in [6, 6.07) is 11.9.